The zero-order valence-electron chi connectivity index (χ0n) is 17.1. The number of nitrogens with one attached hydrogen (secondary N) is 2. The van der Waals surface area contributed by atoms with Crippen LogP contribution in [0, 0.1) is 11.3 Å². The van der Waals surface area contributed by atoms with E-state index in [0.29, 0.717) is 5.56 Å². The van der Waals surface area contributed by atoms with E-state index < -0.39 is 0 Å². The molecule has 0 unspecified atom stereocenters. The number of carbonyl (C=O) groups is 1. The van der Waals surface area contributed by atoms with Crippen LogP contribution in [0.15, 0.2) is 78.9 Å². The van der Waals surface area contributed by atoms with E-state index in [1.165, 1.54) is 0 Å². The Labute approximate surface area is 187 Å². The first kappa shape index (κ1) is 20.8. The second-order valence-corrected chi connectivity index (χ2v) is 8.24. The summed E-state index contributed by atoms with van der Waals surface area (Å²) in [5, 5.41) is 15.6. The molecule has 1 aliphatic carbocycles. The maximum absolute atomic E-state index is 12.5. The fourth-order valence-corrected chi connectivity index (χ4v) is 4.31. The minimum Gasteiger partial charge on any atom is -0.332 e. The Bertz CT molecular complexity index is 1110. The van der Waals surface area contributed by atoms with Gasteiger partial charge in [-0.05, 0) is 66.0 Å². The average Bonchev–Trinajstić information content (AvgIpc) is 3.30. The van der Waals surface area contributed by atoms with Crippen LogP contribution in [0.4, 0.5) is 5.69 Å². The fraction of sp³-hybridized carbons (Fsp3) is 0.192. The lowest BCUT2D eigenvalue weighted by molar-refractivity contribution is 0.0978. The average molecular weight is 426 g/mol. The van der Waals surface area contributed by atoms with Crippen LogP contribution < -0.4 is 10.6 Å². The normalized spacial score (nSPS) is 14.4. The molecule has 0 aliphatic heterocycles. The Morgan fingerprint density at radius 1 is 0.871 bits per heavy atom. The van der Waals surface area contributed by atoms with Gasteiger partial charge in [-0.3, -0.25) is 10.1 Å². The number of rotatable bonds is 4. The molecule has 2 N–H and O–H groups in total. The first-order valence-electron chi connectivity index (χ1n) is 10.4. The Kier molecular flexibility index (Phi) is 6.11. The summed E-state index contributed by atoms with van der Waals surface area (Å²) in [6.45, 7) is 0. The van der Waals surface area contributed by atoms with Crippen molar-refractivity contribution in [1.82, 2.24) is 5.32 Å². The summed E-state index contributed by atoms with van der Waals surface area (Å²) in [7, 11) is 0. The lowest BCUT2D eigenvalue weighted by Crippen LogP contribution is -2.34. The van der Waals surface area contributed by atoms with Crippen LogP contribution in [-0.2, 0) is 5.41 Å². The van der Waals surface area contributed by atoms with E-state index in [2.05, 4.69) is 16.7 Å². The first-order chi connectivity index (χ1) is 15.1. The highest BCUT2D eigenvalue weighted by molar-refractivity contribution is 7.80. The van der Waals surface area contributed by atoms with Crippen molar-refractivity contribution < 1.29 is 4.79 Å². The van der Waals surface area contributed by atoms with Crippen molar-refractivity contribution in [1.29, 1.82) is 5.26 Å². The Morgan fingerprint density at radius 3 is 2.10 bits per heavy atom. The maximum Gasteiger partial charge on any atom is 0.257 e. The molecule has 0 saturated heterocycles. The molecule has 1 fully saturated rings. The Morgan fingerprint density at radius 2 is 1.48 bits per heavy atom. The van der Waals surface area contributed by atoms with Gasteiger partial charge in [0.25, 0.3) is 5.91 Å². The number of nitriles is 1. The third-order valence-electron chi connectivity index (χ3n) is 5.85. The lowest BCUT2D eigenvalue weighted by Gasteiger charge is -2.21. The van der Waals surface area contributed by atoms with Crippen molar-refractivity contribution in [2.24, 2.45) is 0 Å². The van der Waals surface area contributed by atoms with Gasteiger partial charge in [0.2, 0.25) is 0 Å². The summed E-state index contributed by atoms with van der Waals surface area (Å²) in [4.78, 5) is 12.5. The van der Waals surface area contributed by atoms with Crippen LogP contribution >= 0.6 is 12.2 Å². The minimum atomic E-state index is -0.362. The summed E-state index contributed by atoms with van der Waals surface area (Å²) in [5.41, 5.74) is 4.16. The Hall–Kier alpha value is -3.49. The van der Waals surface area contributed by atoms with Gasteiger partial charge in [0, 0.05) is 11.3 Å². The van der Waals surface area contributed by atoms with Crippen molar-refractivity contribution in [2.45, 2.75) is 31.1 Å². The van der Waals surface area contributed by atoms with Crippen molar-refractivity contribution in [3.63, 3.8) is 0 Å². The third kappa shape index (κ3) is 4.65. The van der Waals surface area contributed by atoms with E-state index in [1.54, 1.807) is 12.1 Å². The van der Waals surface area contributed by atoms with Gasteiger partial charge in [0.1, 0.15) is 0 Å². The first-order valence-corrected chi connectivity index (χ1v) is 10.8. The van der Waals surface area contributed by atoms with Gasteiger partial charge in [-0.2, -0.15) is 5.26 Å². The number of thiocarbonyl (C=S) groups is 1. The molecule has 0 heterocycles. The molecule has 3 aromatic rings. The standard InChI is InChI=1S/C26H23N3OS/c27-18-26(16-4-5-17-26)22-12-14-23(15-13-22)28-25(31)29-24(30)21-10-8-20(9-11-21)19-6-2-1-3-7-19/h1-3,6-15H,4-5,16-17H2,(H2,28,29,30,31). The van der Waals surface area contributed by atoms with Crippen LogP contribution in [0.5, 0.6) is 0 Å². The fourth-order valence-electron chi connectivity index (χ4n) is 4.10. The van der Waals surface area contributed by atoms with Crippen LogP contribution in [0.1, 0.15) is 41.6 Å². The predicted molar refractivity (Wildman–Crippen MR) is 128 cm³/mol. The topological polar surface area (TPSA) is 64.9 Å². The van der Waals surface area contributed by atoms with Crippen LogP contribution in [0.25, 0.3) is 11.1 Å². The molecule has 0 spiro atoms. The zero-order valence-corrected chi connectivity index (χ0v) is 17.9. The second-order valence-electron chi connectivity index (χ2n) is 7.83. The monoisotopic (exact) mass is 425 g/mol. The van der Waals surface area contributed by atoms with Gasteiger partial charge >= 0.3 is 0 Å². The van der Waals surface area contributed by atoms with Crippen LogP contribution in [0.2, 0.25) is 0 Å². The predicted octanol–water partition coefficient (Wildman–Crippen LogP) is 5.82. The molecule has 3 aromatic carbocycles. The Balaban J connectivity index is 1.36. The highest BCUT2D eigenvalue weighted by Gasteiger charge is 2.35. The number of carbonyl (C=O) groups excluding carboxylic acids is 1. The molecular formula is C26H23N3OS. The molecule has 0 aromatic heterocycles. The van der Waals surface area contributed by atoms with Gasteiger partial charge < -0.3 is 5.32 Å². The van der Waals surface area contributed by atoms with E-state index in [-0.39, 0.29) is 16.4 Å². The number of hydrogen-bond donors (Lipinski definition) is 2. The zero-order chi connectivity index (χ0) is 21.7. The highest BCUT2D eigenvalue weighted by Crippen LogP contribution is 2.40. The number of benzene rings is 3. The van der Waals surface area contributed by atoms with Gasteiger partial charge in [0.05, 0.1) is 11.5 Å². The number of hydrogen-bond acceptors (Lipinski definition) is 3. The highest BCUT2D eigenvalue weighted by atomic mass is 32.1. The van der Waals surface area contributed by atoms with E-state index in [0.717, 1.165) is 48.1 Å². The SMILES string of the molecule is N#CC1(c2ccc(NC(=S)NC(=O)c3ccc(-c4ccccc4)cc3)cc2)CCCC1. The number of anilines is 1. The smallest absolute Gasteiger partial charge is 0.257 e. The molecule has 154 valence electrons. The second kappa shape index (κ2) is 9.11. The molecular weight excluding hydrogens is 402 g/mol. The van der Waals surface area contributed by atoms with E-state index in [1.807, 2.05) is 66.7 Å². The van der Waals surface area contributed by atoms with Gasteiger partial charge in [0.15, 0.2) is 5.11 Å². The minimum absolute atomic E-state index is 0.237. The van der Waals surface area contributed by atoms with Crippen LogP contribution in [0.3, 0.4) is 0 Å². The summed E-state index contributed by atoms with van der Waals surface area (Å²) >= 11 is 5.30. The van der Waals surface area contributed by atoms with Crippen molar-refractivity contribution in [2.75, 3.05) is 5.32 Å². The summed E-state index contributed by atoms with van der Waals surface area (Å²) < 4.78 is 0. The molecule has 0 radical (unpaired) electrons. The molecule has 1 aliphatic rings. The van der Waals surface area contributed by atoms with E-state index in [4.69, 9.17) is 12.2 Å². The summed E-state index contributed by atoms with van der Waals surface area (Å²) in [5.74, 6) is -0.261. The van der Waals surface area contributed by atoms with Gasteiger partial charge in [-0.15, -0.1) is 0 Å². The molecule has 4 nitrogen and oxygen atoms in total. The van der Waals surface area contributed by atoms with Gasteiger partial charge in [-0.1, -0.05) is 67.4 Å². The quantitative estimate of drug-likeness (QED) is 0.517. The molecule has 0 atom stereocenters. The summed E-state index contributed by atoms with van der Waals surface area (Å²) in [6.07, 6.45) is 4.01. The van der Waals surface area contributed by atoms with E-state index >= 15 is 0 Å². The van der Waals surface area contributed by atoms with Crippen molar-refractivity contribution in [3.05, 3.63) is 90.0 Å². The van der Waals surface area contributed by atoms with Crippen molar-refractivity contribution in [3.8, 4) is 17.2 Å². The summed E-state index contributed by atoms with van der Waals surface area (Å²) in [6, 6.07) is 27.7. The largest absolute Gasteiger partial charge is 0.332 e. The third-order valence-corrected chi connectivity index (χ3v) is 6.05. The lowest BCUT2D eigenvalue weighted by atomic mass is 9.80. The number of nitrogens with zero attached hydrogens (tertiary/aromatic N) is 1. The molecule has 1 saturated carbocycles. The van der Waals surface area contributed by atoms with Gasteiger partial charge in [-0.25, -0.2) is 0 Å². The van der Waals surface area contributed by atoms with Crippen molar-refractivity contribution >= 4 is 28.9 Å². The molecule has 5 heteroatoms. The van der Waals surface area contributed by atoms with E-state index in [9.17, 15) is 10.1 Å². The molecule has 4 rings (SSSR count). The maximum atomic E-state index is 12.5. The molecule has 0 bridgehead atoms. The molecule has 31 heavy (non-hydrogen) atoms. The van der Waals surface area contributed by atoms with Crippen LogP contribution in [-0.4, -0.2) is 11.0 Å². The number of amides is 1. The molecule has 1 amide bonds.